The van der Waals surface area contributed by atoms with Crippen molar-refractivity contribution < 1.29 is 19.1 Å². The van der Waals surface area contributed by atoms with E-state index in [2.05, 4.69) is 6.07 Å². The van der Waals surface area contributed by atoms with Gasteiger partial charge >= 0.3 is 0 Å². The van der Waals surface area contributed by atoms with Crippen LogP contribution in [0, 0.1) is 0 Å². The molecule has 7 heteroatoms. The zero-order valence-electron chi connectivity index (χ0n) is 16.2. The largest absolute Gasteiger partial charge is 0.497 e. The van der Waals surface area contributed by atoms with Gasteiger partial charge in [0, 0.05) is 19.0 Å². The monoisotopic (exact) mass is 410 g/mol. The second kappa shape index (κ2) is 8.61. The molecule has 0 bridgehead atoms. The number of aldehydes is 1. The Labute approximate surface area is 173 Å². The summed E-state index contributed by atoms with van der Waals surface area (Å²) in [6, 6.07) is 13.1. The maximum absolute atomic E-state index is 12.7. The number of ether oxygens (including phenoxy) is 2. The van der Waals surface area contributed by atoms with E-state index in [1.54, 1.807) is 29.5 Å². The van der Waals surface area contributed by atoms with Gasteiger partial charge in [0.05, 0.1) is 27.9 Å². The first-order chi connectivity index (χ1) is 14.2. The molecular weight excluding hydrogens is 388 g/mol. The molecule has 2 heterocycles. The summed E-state index contributed by atoms with van der Waals surface area (Å²) in [7, 11) is 1.53. The number of likely N-dealkylation sites (tertiary alicyclic amines) is 1. The van der Waals surface area contributed by atoms with Crippen molar-refractivity contribution in [1.82, 2.24) is 9.88 Å². The summed E-state index contributed by atoms with van der Waals surface area (Å²) in [5, 5.41) is 1.09. The van der Waals surface area contributed by atoms with Crippen LogP contribution in [0.2, 0.25) is 0 Å². The number of amides is 1. The number of benzene rings is 2. The highest BCUT2D eigenvalue weighted by molar-refractivity contribution is 7.18. The summed E-state index contributed by atoms with van der Waals surface area (Å²) in [5.41, 5.74) is 1.38. The first-order valence-electron chi connectivity index (χ1n) is 9.57. The summed E-state index contributed by atoms with van der Waals surface area (Å²) in [6.07, 6.45) is 2.67. The van der Waals surface area contributed by atoms with Crippen LogP contribution < -0.4 is 9.47 Å². The second-order valence-corrected chi connectivity index (χ2v) is 8.07. The normalized spacial score (nSPS) is 16.6. The van der Waals surface area contributed by atoms with Crippen LogP contribution in [0.4, 0.5) is 0 Å². The smallest absolute Gasteiger partial charge is 0.260 e. The van der Waals surface area contributed by atoms with Gasteiger partial charge in [-0.2, -0.15) is 0 Å². The number of carbonyl (C=O) groups excluding carboxylic acids is 2. The molecule has 1 aromatic heterocycles. The van der Waals surface area contributed by atoms with Crippen molar-refractivity contribution in [3.8, 4) is 11.5 Å². The Balaban J connectivity index is 1.40. The van der Waals surface area contributed by atoms with Crippen LogP contribution in [0.3, 0.4) is 0 Å². The van der Waals surface area contributed by atoms with E-state index in [0.717, 1.165) is 23.4 Å². The SMILES string of the molecule is COc1ccc(OCC(=O)N2CCC[C@H](c3nc4ccccc4s3)C2)c(C=O)c1. The molecule has 3 aromatic rings. The Kier molecular flexibility index (Phi) is 5.76. The van der Waals surface area contributed by atoms with Gasteiger partial charge in [-0.05, 0) is 43.2 Å². The highest BCUT2D eigenvalue weighted by Gasteiger charge is 2.27. The van der Waals surface area contributed by atoms with E-state index in [9.17, 15) is 9.59 Å². The number of thiazole rings is 1. The molecular formula is C22H22N2O4S. The van der Waals surface area contributed by atoms with Crippen LogP contribution in [0.15, 0.2) is 42.5 Å². The van der Waals surface area contributed by atoms with Gasteiger partial charge in [-0.1, -0.05) is 12.1 Å². The fourth-order valence-electron chi connectivity index (χ4n) is 3.58. The van der Waals surface area contributed by atoms with E-state index in [0.29, 0.717) is 36.4 Å². The van der Waals surface area contributed by atoms with Crippen LogP contribution in [0.25, 0.3) is 10.2 Å². The zero-order valence-corrected chi connectivity index (χ0v) is 17.0. The minimum atomic E-state index is -0.0975. The minimum Gasteiger partial charge on any atom is -0.497 e. The number of carbonyl (C=O) groups is 2. The quantitative estimate of drug-likeness (QED) is 0.577. The van der Waals surface area contributed by atoms with Gasteiger partial charge in [0.25, 0.3) is 5.91 Å². The highest BCUT2D eigenvalue weighted by atomic mass is 32.1. The first kappa shape index (κ1) is 19.4. The number of nitrogens with zero attached hydrogens (tertiary/aromatic N) is 2. The molecule has 4 rings (SSSR count). The molecule has 2 aromatic carbocycles. The Morgan fingerprint density at radius 3 is 2.97 bits per heavy atom. The Morgan fingerprint density at radius 2 is 2.17 bits per heavy atom. The topological polar surface area (TPSA) is 68.7 Å². The molecule has 0 N–H and O–H groups in total. The Hall–Kier alpha value is -2.93. The third-order valence-electron chi connectivity index (χ3n) is 5.13. The number of hydrogen-bond acceptors (Lipinski definition) is 6. The molecule has 1 fully saturated rings. The molecule has 0 unspecified atom stereocenters. The highest BCUT2D eigenvalue weighted by Crippen LogP contribution is 2.33. The lowest BCUT2D eigenvalue weighted by Gasteiger charge is -2.31. The molecule has 0 aliphatic carbocycles. The molecule has 1 saturated heterocycles. The van der Waals surface area contributed by atoms with E-state index in [4.69, 9.17) is 14.5 Å². The van der Waals surface area contributed by atoms with Crippen LogP contribution in [0.1, 0.15) is 34.1 Å². The fraction of sp³-hybridized carbons (Fsp3) is 0.318. The van der Waals surface area contributed by atoms with Crippen LogP contribution in [0.5, 0.6) is 11.5 Å². The molecule has 0 saturated carbocycles. The number of methoxy groups -OCH3 is 1. The van der Waals surface area contributed by atoms with E-state index in [1.807, 2.05) is 23.1 Å². The van der Waals surface area contributed by atoms with Gasteiger partial charge in [0.1, 0.15) is 11.5 Å². The van der Waals surface area contributed by atoms with E-state index in [1.165, 1.54) is 11.8 Å². The molecule has 1 aliphatic heterocycles. The van der Waals surface area contributed by atoms with Crippen LogP contribution in [-0.4, -0.2) is 48.9 Å². The summed E-state index contributed by atoms with van der Waals surface area (Å²) in [6.45, 7) is 1.26. The molecule has 1 amide bonds. The minimum absolute atomic E-state index is 0.0801. The maximum Gasteiger partial charge on any atom is 0.260 e. The summed E-state index contributed by atoms with van der Waals surface area (Å²) in [5.74, 6) is 1.12. The number of fused-ring (bicyclic) bond motifs is 1. The van der Waals surface area contributed by atoms with Crippen LogP contribution in [-0.2, 0) is 4.79 Å². The summed E-state index contributed by atoms with van der Waals surface area (Å²) in [4.78, 5) is 30.6. The third kappa shape index (κ3) is 4.24. The van der Waals surface area contributed by atoms with Crippen molar-refractivity contribution in [3.63, 3.8) is 0 Å². The lowest BCUT2D eigenvalue weighted by Crippen LogP contribution is -2.41. The molecule has 29 heavy (non-hydrogen) atoms. The first-order valence-corrected chi connectivity index (χ1v) is 10.4. The molecule has 1 aliphatic rings. The van der Waals surface area contributed by atoms with Crippen molar-refractivity contribution in [3.05, 3.63) is 53.0 Å². The lowest BCUT2D eigenvalue weighted by atomic mass is 9.99. The molecule has 0 radical (unpaired) electrons. The van der Waals surface area contributed by atoms with Crippen molar-refractivity contribution in [2.45, 2.75) is 18.8 Å². The number of aromatic nitrogens is 1. The summed E-state index contributed by atoms with van der Waals surface area (Å²) >= 11 is 1.71. The molecule has 6 nitrogen and oxygen atoms in total. The summed E-state index contributed by atoms with van der Waals surface area (Å²) < 4.78 is 11.9. The molecule has 0 spiro atoms. The average molecular weight is 410 g/mol. The number of para-hydroxylation sites is 1. The van der Waals surface area contributed by atoms with Crippen LogP contribution >= 0.6 is 11.3 Å². The van der Waals surface area contributed by atoms with E-state index >= 15 is 0 Å². The predicted octanol–water partition coefficient (Wildman–Crippen LogP) is 3.90. The zero-order chi connectivity index (χ0) is 20.2. The average Bonchev–Trinajstić information content (AvgIpc) is 3.22. The maximum atomic E-state index is 12.7. The fourth-order valence-corrected chi connectivity index (χ4v) is 4.67. The van der Waals surface area contributed by atoms with E-state index in [-0.39, 0.29) is 18.4 Å². The number of piperidine rings is 1. The standard InChI is InChI=1S/C22H22N2O4S/c1-27-17-8-9-19(16(11-17)13-25)28-14-21(26)24-10-4-5-15(12-24)22-23-18-6-2-3-7-20(18)29-22/h2-3,6-9,11,13,15H,4-5,10,12,14H2,1H3/t15-/m0/s1. The van der Waals surface area contributed by atoms with Crippen molar-refractivity contribution in [1.29, 1.82) is 0 Å². The van der Waals surface area contributed by atoms with Gasteiger partial charge in [0.15, 0.2) is 12.9 Å². The predicted molar refractivity (Wildman–Crippen MR) is 112 cm³/mol. The number of hydrogen-bond donors (Lipinski definition) is 0. The van der Waals surface area contributed by atoms with Crippen molar-refractivity contribution in [2.24, 2.45) is 0 Å². The van der Waals surface area contributed by atoms with Gasteiger partial charge in [-0.15, -0.1) is 11.3 Å². The van der Waals surface area contributed by atoms with Gasteiger partial charge in [-0.3, -0.25) is 9.59 Å². The van der Waals surface area contributed by atoms with Crippen molar-refractivity contribution >= 4 is 33.7 Å². The van der Waals surface area contributed by atoms with Gasteiger partial charge in [-0.25, -0.2) is 4.98 Å². The molecule has 150 valence electrons. The Bertz CT molecular complexity index is 1000. The van der Waals surface area contributed by atoms with Crippen molar-refractivity contribution in [2.75, 3.05) is 26.8 Å². The third-order valence-corrected chi connectivity index (χ3v) is 6.33. The van der Waals surface area contributed by atoms with Gasteiger partial charge < -0.3 is 14.4 Å². The lowest BCUT2D eigenvalue weighted by molar-refractivity contribution is -0.134. The van der Waals surface area contributed by atoms with Gasteiger partial charge in [0.2, 0.25) is 0 Å². The second-order valence-electron chi connectivity index (χ2n) is 7.01. The Morgan fingerprint density at radius 1 is 1.31 bits per heavy atom. The van der Waals surface area contributed by atoms with E-state index < -0.39 is 0 Å². The molecule has 1 atom stereocenters. The number of rotatable bonds is 6.